The third-order valence-corrected chi connectivity index (χ3v) is 5.04. The summed E-state index contributed by atoms with van der Waals surface area (Å²) in [6.07, 6.45) is 3.84. The summed E-state index contributed by atoms with van der Waals surface area (Å²) >= 11 is 0. The zero-order valence-corrected chi connectivity index (χ0v) is 15.2. The van der Waals surface area contributed by atoms with Crippen molar-refractivity contribution in [2.45, 2.75) is 6.54 Å². The fourth-order valence-electron chi connectivity index (χ4n) is 3.66. The molecular formula is C24H19N3O. The van der Waals surface area contributed by atoms with Gasteiger partial charge in [0.05, 0.1) is 5.56 Å². The lowest BCUT2D eigenvalue weighted by molar-refractivity contribution is 0.102. The van der Waals surface area contributed by atoms with Crippen molar-refractivity contribution in [1.82, 2.24) is 9.55 Å². The number of hydrogen-bond donors (Lipinski definition) is 2. The number of anilines is 1. The van der Waals surface area contributed by atoms with Crippen LogP contribution in [-0.2, 0) is 6.54 Å². The molecule has 0 unspecified atom stereocenters. The van der Waals surface area contributed by atoms with Crippen molar-refractivity contribution >= 4 is 33.4 Å². The number of nitrogens with one attached hydrogen (secondary N) is 2. The standard InChI is InChI=1S/C24H19N3O/c28-24(26-19-11-10-18-12-13-25-22(18)14-19)21-16-27(15-17-6-2-1-3-7-17)23-9-5-4-8-20(21)23/h1-14,16,25H,15H2,(H,26,28). The second kappa shape index (κ2) is 6.74. The number of rotatable bonds is 4. The molecule has 5 rings (SSSR count). The summed E-state index contributed by atoms with van der Waals surface area (Å²) in [5.74, 6) is -0.103. The van der Waals surface area contributed by atoms with Crippen LogP contribution in [0.2, 0.25) is 0 Å². The van der Waals surface area contributed by atoms with Crippen LogP contribution in [0.3, 0.4) is 0 Å². The number of fused-ring (bicyclic) bond motifs is 2. The molecule has 4 nitrogen and oxygen atoms in total. The second-order valence-corrected chi connectivity index (χ2v) is 6.91. The summed E-state index contributed by atoms with van der Waals surface area (Å²) in [6.45, 7) is 0.725. The summed E-state index contributed by atoms with van der Waals surface area (Å²) in [4.78, 5) is 16.2. The minimum absolute atomic E-state index is 0.103. The smallest absolute Gasteiger partial charge is 0.257 e. The van der Waals surface area contributed by atoms with E-state index in [0.717, 1.165) is 34.0 Å². The van der Waals surface area contributed by atoms with Crippen LogP contribution in [-0.4, -0.2) is 15.5 Å². The van der Waals surface area contributed by atoms with Crippen molar-refractivity contribution in [3.63, 3.8) is 0 Å². The number of hydrogen-bond acceptors (Lipinski definition) is 1. The van der Waals surface area contributed by atoms with E-state index >= 15 is 0 Å². The molecular weight excluding hydrogens is 346 g/mol. The van der Waals surface area contributed by atoms with E-state index in [0.29, 0.717) is 5.56 Å². The molecule has 0 saturated heterocycles. The molecule has 3 aromatic carbocycles. The Hall–Kier alpha value is -3.79. The number of carbonyl (C=O) groups is 1. The van der Waals surface area contributed by atoms with Crippen LogP contribution in [0.25, 0.3) is 21.8 Å². The molecule has 1 amide bonds. The molecule has 0 aliphatic carbocycles. The van der Waals surface area contributed by atoms with Gasteiger partial charge in [0.1, 0.15) is 0 Å². The Morgan fingerprint density at radius 3 is 2.64 bits per heavy atom. The van der Waals surface area contributed by atoms with Gasteiger partial charge in [0.25, 0.3) is 5.91 Å². The molecule has 5 aromatic rings. The molecule has 0 aliphatic heterocycles. The van der Waals surface area contributed by atoms with E-state index in [1.54, 1.807) is 0 Å². The van der Waals surface area contributed by atoms with Crippen molar-refractivity contribution in [2.24, 2.45) is 0 Å². The minimum atomic E-state index is -0.103. The maximum atomic E-state index is 13.0. The van der Waals surface area contributed by atoms with Crippen LogP contribution in [0.1, 0.15) is 15.9 Å². The number of H-pyrrole nitrogens is 1. The quantitative estimate of drug-likeness (QED) is 0.439. The molecule has 0 atom stereocenters. The van der Waals surface area contributed by atoms with Gasteiger partial charge in [-0.15, -0.1) is 0 Å². The van der Waals surface area contributed by atoms with E-state index in [9.17, 15) is 4.79 Å². The molecule has 0 aliphatic rings. The maximum Gasteiger partial charge on any atom is 0.257 e. The van der Waals surface area contributed by atoms with Crippen LogP contribution < -0.4 is 5.32 Å². The summed E-state index contributed by atoms with van der Waals surface area (Å²) in [6, 6.07) is 26.2. The zero-order chi connectivity index (χ0) is 18.9. The van der Waals surface area contributed by atoms with Gasteiger partial charge in [-0.25, -0.2) is 0 Å². The molecule has 0 fully saturated rings. The highest BCUT2D eigenvalue weighted by Crippen LogP contribution is 2.24. The highest BCUT2D eigenvalue weighted by atomic mass is 16.1. The first-order valence-corrected chi connectivity index (χ1v) is 9.28. The van der Waals surface area contributed by atoms with Gasteiger partial charge >= 0.3 is 0 Å². The van der Waals surface area contributed by atoms with Crippen molar-refractivity contribution in [3.8, 4) is 0 Å². The molecule has 0 bridgehead atoms. The van der Waals surface area contributed by atoms with Gasteiger partial charge < -0.3 is 14.9 Å². The second-order valence-electron chi connectivity index (χ2n) is 6.91. The maximum absolute atomic E-state index is 13.0. The number of carbonyl (C=O) groups excluding carboxylic acids is 1. The highest BCUT2D eigenvalue weighted by Gasteiger charge is 2.15. The molecule has 0 saturated carbocycles. The van der Waals surface area contributed by atoms with Gasteiger partial charge in [-0.2, -0.15) is 0 Å². The van der Waals surface area contributed by atoms with E-state index in [1.165, 1.54) is 5.56 Å². The first kappa shape index (κ1) is 16.4. The van der Waals surface area contributed by atoms with E-state index < -0.39 is 0 Å². The minimum Gasteiger partial charge on any atom is -0.361 e. The Kier molecular flexibility index (Phi) is 3.95. The lowest BCUT2D eigenvalue weighted by Gasteiger charge is -2.05. The molecule has 2 heterocycles. The Balaban J connectivity index is 1.50. The van der Waals surface area contributed by atoms with Crippen LogP contribution in [0, 0.1) is 0 Å². The van der Waals surface area contributed by atoms with E-state index in [1.807, 2.05) is 73.1 Å². The molecule has 28 heavy (non-hydrogen) atoms. The average Bonchev–Trinajstić information content (AvgIpc) is 3.33. The van der Waals surface area contributed by atoms with Gasteiger partial charge in [-0.1, -0.05) is 54.6 Å². The van der Waals surface area contributed by atoms with Gasteiger partial charge in [-0.05, 0) is 35.2 Å². The van der Waals surface area contributed by atoms with Crippen LogP contribution in [0.4, 0.5) is 5.69 Å². The van der Waals surface area contributed by atoms with Crippen LogP contribution >= 0.6 is 0 Å². The molecule has 136 valence electrons. The first-order valence-electron chi connectivity index (χ1n) is 9.28. The van der Waals surface area contributed by atoms with Gasteiger partial charge in [0.2, 0.25) is 0 Å². The number of para-hydroxylation sites is 1. The normalized spacial score (nSPS) is 11.1. The zero-order valence-electron chi connectivity index (χ0n) is 15.2. The predicted molar refractivity (Wildman–Crippen MR) is 114 cm³/mol. The topological polar surface area (TPSA) is 49.8 Å². The molecule has 0 spiro atoms. The number of aromatic amines is 1. The number of aromatic nitrogens is 2. The molecule has 2 aromatic heterocycles. The Bertz CT molecular complexity index is 1280. The van der Waals surface area contributed by atoms with Crippen molar-refractivity contribution in [1.29, 1.82) is 0 Å². The Morgan fingerprint density at radius 2 is 1.75 bits per heavy atom. The van der Waals surface area contributed by atoms with Gasteiger partial charge in [0, 0.05) is 41.0 Å². The Morgan fingerprint density at radius 1 is 0.929 bits per heavy atom. The van der Waals surface area contributed by atoms with E-state index in [2.05, 4.69) is 33.1 Å². The van der Waals surface area contributed by atoms with E-state index in [-0.39, 0.29) is 5.91 Å². The van der Waals surface area contributed by atoms with E-state index in [4.69, 9.17) is 0 Å². The fourth-order valence-corrected chi connectivity index (χ4v) is 3.66. The Labute approximate surface area is 162 Å². The number of benzene rings is 3. The van der Waals surface area contributed by atoms with Crippen LogP contribution in [0.5, 0.6) is 0 Å². The summed E-state index contributed by atoms with van der Waals surface area (Å²) in [5.41, 5.74) is 4.71. The third-order valence-electron chi connectivity index (χ3n) is 5.04. The third kappa shape index (κ3) is 2.95. The van der Waals surface area contributed by atoms with Crippen molar-refractivity contribution in [3.05, 3.63) is 102 Å². The molecule has 4 heteroatoms. The van der Waals surface area contributed by atoms with Crippen molar-refractivity contribution in [2.75, 3.05) is 5.32 Å². The predicted octanol–water partition coefficient (Wildman–Crippen LogP) is 5.42. The number of nitrogens with zero attached hydrogens (tertiary/aromatic N) is 1. The van der Waals surface area contributed by atoms with Crippen LogP contribution in [0.15, 0.2) is 91.3 Å². The monoisotopic (exact) mass is 365 g/mol. The van der Waals surface area contributed by atoms with Crippen molar-refractivity contribution < 1.29 is 4.79 Å². The van der Waals surface area contributed by atoms with Gasteiger partial charge in [0.15, 0.2) is 0 Å². The lowest BCUT2D eigenvalue weighted by Crippen LogP contribution is -2.11. The summed E-state index contributed by atoms with van der Waals surface area (Å²) in [7, 11) is 0. The first-order chi connectivity index (χ1) is 13.8. The largest absolute Gasteiger partial charge is 0.361 e. The lowest BCUT2D eigenvalue weighted by atomic mass is 10.1. The molecule has 2 N–H and O–H groups in total. The SMILES string of the molecule is O=C(Nc1ccc2cc[nH]c2c1)c1cn(Cc2ccccc2)c2ccccc12. The van der Waals surface area contributed by atoms with Gasteiger partial charge in [-0.3, -0.25) is 4.79 Å². The average molecular weight is 365 g/mol. The summed E-state index contributed by atoms with van der Waals surface area (Å²) in [5, 5.41) is 5.12. The fraction of sp³-hybridized carbons (Fsp3) is 0.0417. The molecule has 0 radical (unpaired) electrons. The number of amides is 1. The highest BCUT2D eigenvalue weighted by molar-refractivity contribution is 6.13. The summed E-state index contributed by atoms with van der Waals surface area (Å²) < 4.78 is 2.13.